The molecule has 0 unspecified atom stereocenters. The normalized spacial score (nSPS) is 11.6. The van der Waals surface area contributed by atoms with E-state index in [2.05, 4.69) is 125 Å². The molecule has 226 valence electrons. The van der Waals surface area contributed by atoms with Crippen LogP contribution in [0.25, 0.3) is 70.7 Å². The lowest BCUT2D eigenvalue weighted by atomic mass is 9.87. The van der Waals surface area contributed by atoms with Gasteiger partial charge in [0.15, 0.2) is 5.69 Å². The number of fused-ring (bicyclic) bond motifs is 5. The maximum Gasteiger partial charge on any atom is 0.270 e. The maximum absolute atomic E-state index is 7.33. The quantitative estimate of drug-likeness (QED) is 0.0877. The molecule has 4 nitrogen and oxygen atoms in total. The molecule has 0 bridgehead atoms. The van der Waals surface area contributed by atoms with Gasteiger partial charge < -0.3 is 10.6 Å². The molecule has 0 saturated carbocycles. The molecule has 0 fully saturated rings. The Hall–Kier alpha value is -6.57. The Bertz CT molecular complexity index is 2540. The molecule has 48 heavy (non-hydrogen) atoms. The number of pyridine rings is 1. The van der Waals surface area contributed by atoms with Gasteiger partial charge in [0.05, 0.1) is 6.54 Å². The van der Waals surface area contributed by atoms with E-state index >= 15 is 0 Å². The van der Waals surface area contributed by atoms with Gasteiger partial charge in [0.1, 0.15) is 5.84 Å². The van der Waals surface area contributed by atoms with Crippen LogP contribution in [0, 0.1) is 6.57 Å². The van der Waals surface area contributed by atoms with E-state index in [1.54, 1.807) is 6.07 Å². The lowest BCUT2D eigenvalue weighted by molar-refractivity contribution is 1.06. The van der Waals surface area contributed by atoms with Gasteiger partial charge in [-0.3, -0.25) is 4.99 Å². The van der Waals surface area contributed by atoms with Crippen LogP contribution in [0.1, 0.15) is 11.1 Å². The second kappa shape index (κ2) is 12.3. The summed E-state index contributed by atoms with van der Waals surface area (Å²) >= 11 is 0. The third-order valence-electron chi connectivity index (χ3n) is 8.97. The van der Waals surface area contributed by atoms with Crippen molar-refractivity contribution >= 4 is 44.0 Å². The molecule has 0 amide bonds. The fourth-order valence-corrected chi connectivity index (χ4v) is 6.59. The first-order chi connectivity index (χ1) is 23.7. The topological polar surface area (TPSA) is 55.6 Å². The molecule has 2 N–H and O–H groups in total. The van der Waals surface area contributed by atoms with Gasteiger partial charge in [-0.1, -0.05) is 134 Å². The standard InChI is InChI=1S/C44H30N4/c1-46-43-20-10-19-42(48-43)31-23-21-30(22-24-31)38-26-40-37-18-8-6-16-35(37)39(27-41(40)36-17-7-5-15-34(36)38)32-13-9-14-33(25-32)44(45)47-28-29-11-3-2-4-12-29/h2-27H,28H2,(H2,45,47). The molecule has 0 aliphatic heterocycles. The van der Waals surface area contributed by atoms with Crippen molar-refractivity contribution in [2.45, 2.75) is 6.54 Å². The van der Waals surface area contributed by atoms with Gasteiger partial charge in [0.2, 0.25) is 0 Å². The van der Waals surface area contributed by atoms with Crippen LogP contribution in [0.2, 0.25) is 0 Å². The number of aliphatic imine (C=N–C) groups is 1. The van der Waals surface area contributed by atoms with Gasteiger partial charge >= 0.3 is 0 Å². The van der Waals surface area contributed by atoms with Crippen LogP contribution in [0.5, 0.6) is 0 Å². The van der Waals surface area contributed by atoms with E-state index in [0.29, 0.717) is 18.2 Å². The summed E-state index contributed by atoms with van der Waals surface area (Å²) in [5.41, 5.74) is 14.9. The van der Waals surface area contributed by atoms with Crippen LogP contribution in [-0.2, 0) is 6.54 Å². The average Bonchev–Trinajstić information content (AvgIpc) is 3.17. The first-order valence-electron chi connectivity index (χ1n) is 15.9. The van der Waals surface area contributed by atoms with Crippen LogP contribution >= 0.6 is 0 Å². The number of hydrogen-bond donors (Lipinski definition) is 1. The van der Waals surface area contributed by atoms with Crippen molar-refractivity contribution in [3.63, 3.8) is 0 Å². The van der Waals surface area contributed by atoms with E-state index in [0.717, 1.165) is 39.1 Å². The van der Waals surface area contributed by atoms with Crippen LogP contribution < -0.4 is 5.73 Å². The molecule has 0 aliphatic rings. The number of nitrogens with two attached hydrogens (primary N) is 1. The molecule has 0 spiro atoms. The zero-order valence-corrected chi connectivity index (χ0v) is 26.1. The molecule has 0 aliphatic carbocycles. The van der Waals surface area contributed by atoms with Crippen LogP contribution in [0.4, 0.5) is 5.82 Å². The van der Waals surface area contributed by atoms with E-state index in [-0.39, 0.29) is 0 Å². The predicted octanol–water partition coefficient (Wildman–Crippen LogP) is 11.0. The van der Waals surface area contributed by atoms with Crippen LogP contribution in [-0.4, -0.2) is 10.8 Å². The Kier molecular flexibility index (Phi) is 7.41. The smallest absolute Gasteiger partial charge is 0.270 e. The summed E-state index contributed by atoms with van der Waals surface area (Å²) in [6, 6.07) is 54.6. The highest BCUT2D eigenvalue weighted by molar-refractivity contribution is 6.24. The number of hydrogen-bond acceptors (Lipinski definition) is 2. The van der Waals surface area contributed by atoms with Gasteiger partial charge in [-0.25, -0.2) is 0 Å². The summed E-state index contributed by atoms with van der Waals surface area (Å²) in [6.07, 6.45) is 0. The highest BCUT2D eigenvalue weighted by Gasteiger charge is 2.15. The Morgan fingerprint density at radius 1 is 0.542 bits per heavy atom. The van der Waals surface area contributed by atoms with Crippen molar-refractivity contribution in [2.75, 3.05) is 0 Å². The maximum atomic E-state index is 7.33. The molecule has 0 atom stereocenters. The molecule has 0 saturated heterocycles. The van der Waals surface area contributed by atoms with Crippen molar-refractivity contribution in [3.8, 4) is 33.5 Å². The first kappa shape index (κ1) is 28.9. The van der Waals surface area contributed by atoms with Crippen LogP contribution in [0.3, 0.4) is 0 Å². The molecule has 4 heteroatoms. The minimum Gasteiger partial charge on any atom is -0.383 e. The molecule has 8 aromatic rings. The number of aromatic nitrogens is 1. The zero-order chi connectivity index (χ0) is 32.5. The van der Waals surface area contributed by atoms with Gasteiger partial charge in [-0.15, -0.1) is 4.98 Å². The van der Waals surface area contributed by atoms with Crippen LogP contribution in [0.15, 0.2) is 163 Å². The van der Waals surface area contributed by atoms with Crippen molar-refractivity contribution in [2.24, 2.45) is 10.7 Å². The minimum absolute atomic E-state index is 0.398. The zero-order valence-electron chi connectivity index (χ0n) is 26.1. The molecular formula is C44H30N4. The van der Waals surface area contributed by atoms with E-state index < -0.39 is 0 Å². The molecule has 1 aromatic heterocycles. The van der Waals surface area contributed by atoms with E-state index in [1.807, 2.05) is 36.4 Å². The van der Waals surface area contributed by atoms with Crippen molar-refractivity contribution in [1.29, 1.82) is 0 Å². The third kappa shape index (κ3) is 5.34. The molecule has 0 radical (unpaired) electrons. The van der Waals surface area contributed by atoms with Gasteiger partial charge in [0.25, 0.3) is 5.82 Å². The lowest BCUT2D eigenvalue weighted by Gasteiger charge is -2.16. The monoisotopic (exact) mass is 614 g/mol. The Balaban J connectivity index is 1.26. The Morgan fingerprint density at radius 3 is 1.79 bits per heavy atom. The number of amidine groups is 1. The van der Waals surface area contributed by atoms with Crippen molar-refractivity contribution < 1.29 is 0 Å². The molecule has 7 aromatic carbocycles. The average molecular weight is 615 g/mol. The molecule has 8 rings (SSSR count). The van der Waals surface area contributed by atoms with Crippen molar-refractivity contribution in [3.05, 3.63) is 180 Å². The molecular weight excluding hydrogens is 585 g/mol. The number of benzene rings is 7. The lowest BCUT2D eigenvalue weighted by Crippen LogP contribution is -2.13. The summed E-state index contributed by atoms with van der Waals surface area (Å²) in [5.74, 6) is 0.927. The van der Waals surface area contributed by atoms with E-state index in [4.69, 9.17) is 17.3 Å². The Labute approximate surface area is 279 Å². The largest absolute Gasteiger partial charge is 0.383 e. The van der Waals surface area contributed by atoms with E-state index in [9.17, 15) is 0 Å². The van der Waals surface area contributed by atoms with Gasteiger partial charge in [0, 0.05) is 11.1 Å². The third-order valence-corrected chi connectivity index (χ3v) is 8.97. The number of rotatable bonds is 6. The SMILES string of the molecule is [C-]#[N+]c1cccc(-c2ccc(-c3cc4c5ccccc5c(-c5cccc(C(N)=NCc6ccccc6)c5)cc4c4ccccc34)cc2)n1. The second-order valence-electron chi connectivity index (χ2n) is 11.9. The fourth-order valence-electron chi connectivity index (χ4n) is 6.59. The Morgan fingerprint density at radius 2 is 1.12 bits per heavy atom. The summed E-state index contributed by atoms with van der Waals surface area (Å²) in [7, 11) is 0. The summed E-state index contributed by atoms with van der Waals surface area (Å²) in [4.78, 5) is 12.7. The highest BCUT2D eigenvalue weighted by Crippen LogP contribution is 2.42. The van der Waals surface area contributed by atoms with Crippen molar-refractivity contribution in [1.82, 2.24) is 4.98 Å². The summed E-state index contributed by atoms with van der Waals surface area (Å²) in [5, 5.41) is 7.19. The minimum atomic E-state index is 0.398. The molecule has 1 heterocycles. The predicted molar refractivity (Wildman–Crippen MR) is 200 cm³/mol. The fraction of sp³-hybridized carbons (Fsp3) is 0.0227. The first-order valence-corrected chi connectivity index (χ1v) is 15.9. The second-order valence-corrected chi connectivity index (χ2v) is 11.9. The summed E-state index contributed by atoms with van der Waals surface area (Å²) in [6.45, 7) is 7.87. The highest BCUT2D eigenvalue weighted by atomic mass is 14.9. The van der Waals surface area contributed by atoms with Gasteiger partial charge in [-0.2, -0.15) is 0 Å². The van der Waals surface area contributed by atoms with E-state index in [1.165, 1.54) is 37.9 Å². The summed E-state index contributed by atoms with van der Waals surface area (Å²) < 4.78 is 0. The number of nitrogens with zero attached hydrogens (tertiary/aromatic N) is 3. The van der Waals surface area contributed by atoms with Gasteiger partial charge in [-0.05, 0) is 90.5 Å².